The molecule has 1 aromatic carbocycles. The molecule has 0 unspecified atom stereocenters. The van der Waals surface area contributed by atoms with Gasteiger partial charge in [-0.25, -0.2) is 0 Å². The van der Waals surface area contributed by atoms with Crippen LogP contribution in [0.3, 0.4) is 0 Å². The van der Waals surface area contributed by atoms with Gasteiger partial charge in [0.1, 0.15) is 5.75 Å². The largest absolute Gasteiger partial charge is 0.492 e. The number of aliphatic hydroxyl groups is 2. The van der Waals surface area contributed by atoms with Gasteiger partial charge >= 0.3 is 0 Å². The molecule has 0 saturated heterocycles. The molecule has 5 heteroatoms. The van der Waals surface area contributed by atoms with Crippen molar-refractivity contribution >= 4 is 23.2 Å². The monoisotopic (exact) mass is 278 g/mol. The minimum Gasteiger partial charge on any atom is -0.492 e. The van der Waals surface area contributed by atoms with Gasteiger partial charge in [0.25, 0.3) is 0 Å². The molecule has 0 heterocycles. The highest BCUT2D eigenvalue weighted by molar-refractivity contribution is 6.35. The van der Waals surface area contributed by atoms with Gasteiger partial charge < -0.3 is 14.9 Å². The molecule has 0 aromatic heterocycles. The Balaban J connectivity index is 2.76. The molecule has 0 aliphatic heterocycles. The van der Waals surface area contributed by atoms with E-state index in [0.717, 1.165) is 0 Å². The summed E-state index contributed by atoms with van der Waals surface area (Å²) in [6.07, 6.45) is 0.469. The highest BCUT2D eigenvalue weighted by atomic mass is 35.5. The number of rotatable bonds is 5. The van der Waals surface area contributed by atoms with Crippen LogP contribution < -0.4 is 4.74 Å². The van der Waals surface area contributed by atoms with E-state index in [0.29, 0.717) is 34.4 Å². The number of hydrogen-bond donors (Lipinski definition) is 2. The lowest BCUT2D eigenvalue weighted by Gasteiger charge is -2.18. The van der Waals surface area contributed by atoms with Crippen molar-refractivity contribution in [2.24, 2.45) is 0 Å². The second-order valence-electron chi connectivity index (χ2n) is 4.44. The summed E-state index contributed by atoms with van der Waals surface area (Å²) in [5.74, 6) is 0.419. The highest BCUT2D eigenvalue weighted by Crippen LogP contribution is 2.32. The molecular weight excluding hydrogens is 263 g/mol. The molecule has 0 saturated carbocycles. The summed E-state index contributed by atoms with van der Waals surface area (Å²) in [5.41, 5.74) is -0.253. The van der Waals surface area contributed by atoms with Crippen LogP contribution in [0.2, 0.25) is 10.0 Å². The van der Waals surface area contributed by atoms with E-state index in [1.807, 2.05) is 0 Å². The molecule has 2 N–H and O–H groups in total. The lowest BCUT2D eigenvalue weighted by molar-refractivity contribution is 0.0550. The van der Waals surface area contributed by atoms with Crippen LogP contribution in [0, 0.1) is 0 Å². The lowest BCUT2D eigenvalue weighted by Crippen LogP contribution is -2.22. The lowest BCUT2D eigenvalue weighted by atomic mass is 10.1. The van der Waals surface area contributed by atoms with Gasteiger partial charge in [0.05, 0.1) is 23.8 Å². The standard InChI is InChI=1S/C12H16Cl2O3/c1-12(2,16)3-4-17-11-8(7-15)5-9(13)6-10(11)14/h5-6,15-16H,3-4,7H2,1-2H3. The van der Waals surface area contributed by atoms with Crippen LogP contribution in [0.25, 0.3) is 0 Å². The van der Waals surface area contributed by atoms with Crippen molar-refractivity contribution in [1.29, 1.82) is 0 Å². The first kappa shape index (κ1) is 14.6. The summed E-state index contributed by atoms with van der Waals surface area (Å²) >= 11 is 11.8. The van der Waals surface area contributed by atoms with E-state index in [4.69, 9.17) is 27.9 Å². The van der Waals surface area contributed by atoms with Crippen molar-refractivity contribution in [2.45, 2.75) is 32.5 Å². The van der Waals surface area contributed by atoms with Gasteiger partial charge in [-0.1, -0.05) is 23.2 Å². The molecule has 0 fully saturated rings. The zero-order valence-electron chi connectivity index (χ0n) is 9.83. The van der Waals surface area contributed by atoms with Gasteiger partial charge in [0.2, 0.25) is 0 Å². The Morgan fingerprint density at radius 1 is 1.29 bits per heavy atom. The smallest absolute Gasteiger partial charge is 0.143 e. The first-order valence-corrected chi connectivity index (χ1v) is 6.03. The molecule has 0 amide bonds. The van der Waals surface area contributed by atoms with Crippen molar-refractivity contribution in [1.82, 2.24) is 0 Å². The Kier molecular flexibility index (Phi) is 5.07. The summed E-state index contributed by atoms with van der Waals surface area (Å²) in [6, 6.07) is 3.16. The average molecular weight is 279 g/mol. The normalized spacial score (nSPS) is 11.6. The van der Waals surface area contributed by atoms with E-state index in [1.165, 1.54) is 0 Å². The minimum atomic E-state index is -0.793. The average Bonchev–Trinajstić information content (AvgIpc) is 2.18. The zero-order chi connectivity index (χ0) is 13.1. The molecule has 17 heavy (non-hydrogen) atoms. The molecule has 0 radical (unpaired) electrons. The Labute approximate surface area is 111 Å². The molecule has 1 aromatic rings. The van der Waals surface area contributed by atoms with E-state index in [1.54, 1.807) is 26.0 Å². The van der Waals surface area contributed by atoms with Crippen LogP contribution in [-0.2, 0) is 6.61 Å². The molecule has 96 valence electrons. The van der Waals surface area contributed by atoms with Crippen LogP contribution in [0.5, 0.6) is 5.75 Å². The molecule has 0 atom stereocenters. The highest BCUT2D eigenvalue weighted by Gasteiger charge is 2.14. The summed E-state index contributed by atoms with van der Waals surface area (Å²) in [7, 11) is 0. The maximum absolute atomic E-state index is 9.55. The number of benzene rings is 1. The Hall–Kier alpha value is -0.480. The fraction of sp³-hybridized carbons (Fsp3) is 0.500. The van der Waals surface area contributed by atoms with Crippen LogP contribution in [0.15, 0.2) is 12.1 Å². The minimum absolute atomic E-state index is 0.196. The van der Waals surface area contributed by atoms with E-state index >= 15 is 0 Å². The molecule has 0 aliphatic carbocycles. The predicted molar refractivity (Wildman–Crippen MR) is 68.8 cm³/mol. The van der Waals surface area contributed by atoms with Crippen LogP contribution >= 0.6 is 23.2 Å². The molecule has 3 nitrogen and oxygen atoms in total. The summed E-state index contributed by atoms with van der Waals surface area (Å²) in [5, 5.41) is 19.5. The van der Waals surface area contributed by atoms with Crippen LogP contribution in [-0.4, -0.2) is 22.4 Å². The third kappa shape index (κ3) is 4.72. The predicted octanol–water partition coefficient (Wildman–Crippen LogP) is 3.03. The Bertz CT molecular complexity index is 386. The molecule has 1 rings (SSSR count). The topological polar surface area (TPSA) is 49.7 Å². The molecular formula is C12H16Cl2O3. The molecule has 0 spiro atoms. The van der Waals surface area contributed by atoms with Crippen molar-refractivity contribution in [3.8, 4) is 5.75 Å². The maximum atomic E-state index is 9.55. The van der Waals surface area contributed by atoms with Gasteiger partial charge in [-0.15, -0.1) is 0 Å². The van der Waals surface area contributed by atoms with Crippen molar-refractivity contribution < 1.29 is 14.9 Å². The van der Waals surface area contributed by atoms with Gasteiger partial charge in [-0.3, -0.25) is 0 Å². The first-order valence-electron chi connectivity index (χ1n) is 5.27. The third-order valence-corrected chi connectivity index (χ3v) is 2.71. The number of halogens is 2. The molecule has 0 aliphatic rings. The Morgan fingerprint density at radius 3 is 2.47 bits per heavy atom. The second-order valence-corrected chi connectivity index (χ2v) is 5.29. The zero-order valence-corrected chi connectivity index (χ0v) is 11.3. The SMILES string of the molecule is CC(C)(O)CCOc1c(Cl)cc(Cl)cc1CO. The Morgan fingerprint density at radius 2 is 1.94 bits per heavy atom. The van der Waals surface area contributed by atoms with E-state index in [2.05, 4.69) is 0 Å². The summed E-state index contributed by atoms with van der Waals surface area (Å²) < 4.78 is 5.48. The third-order valence-electron chi connectivity index (χ3n) is 2.22. The van der Waals surface area contributed by atoms with Crippen molar-refractivity contribution in [2.75, 3.05) is 6.61 Å². The maximum Gasteiger partial charge on any atom is 0.143 e. The fourth-order valence-corrected chi connectivity index (χ4v) is 1.89. The van der Waals surface area contributed by atoms with E-state index < -0.39 is 5.60 Å². The molecule has 0 bridgehead atoms. The van der Waals surface area contributed by atoms with Gasteiger partial charge in [-0.05, 0) is 26.0 Å². The first-order chi connectivity index (χ1) is 7.83. The summed E-state index contributed by atoms with van der Waals surface area (Å²) in [4.78, 5) is 0. The number of hydrogen-bond acceptors (Lipinski definition) is 3. The van der Waals surface area contributed by atoms with Crippen LogP contribution in [0.1, 0.15) is 25.8 Å². The van der Waals surface area contributed by atoms with E-state index in [9.17, 15) is 10.2 Å². The fourth-order valence-electron chi connectivity index (χ4n) is 1.30. The summed E-state index contributed by atoms with van der Waals surface area (Å²) in [6.45, 7) is 3.52. The quantitative estimate of drug-likeness (QED) is 0.871. The van der Waals surface area contributed by atoms with Gasteiger partial charge in [0.15, 0.2) is 0 Å². The van der Waals surface area contributed by atoms with Crippen LogP contribution in [0.4, 0.5) is 0 Å². The number of ether oxygens (including phenoxy) is 1. The second kappa shape index (κ2) is 5.91. The van der Waals surface area contributed by atoms with E-state index in [-0.39, 0.29) is 6.61 Å². The van der Waals surface area contributed by atoms with Gasteiger partial charge in [-0.2, -0.15) is 0 Å². The van der Waals surface area contributed by atoms with Crippen molar-refractivity contribution in [3.05, 3.63) is 27.7 Å². The number of aliphatic hydroxyl groups excluding tert-OH is 1. The van der Waals surface area contributed by atoms with Crippen molar-refractivity contribution in [3.63, 3.8) is 0 Å². The van der Waals surface area contributed by atoms with Gasteiger partial charge in [0, 0.05) is 17.0 Å².